The summed E-state index contributed by atoms with van der Waals surface area (Å²) in [5.41, 5.74) is 6.99. The second kappa shape index (κ2) is 6.10. The SMILES string of the molecule is COc1cc(NCC2CCN(C)CC2)c(N)cc1F. The van der Waals surface area contributed by atoms with Crippen LogP contribution in [0.2, 0.25) is 0 Å². The van der Waals surface area contributed by atoms with E-state index in [2.05, 4.69) is 17.3 Å². The van der Waals surface area contributed by atoms with Crippen LogP contribution < -0.4 is 15.8 Å². The van der Waals surface area contributed by atoms with E-state index >= 15 is 0 Å². The maximum Gasteiger partial charge on any atom is 0.167 e. The second-order valence-electron chi connectivity index (χ2n) is 5.20. The van der Waals surface area contributed by atoms with Crippen molar-refractivity contribution in [1.29, 1.82) is 0 Å². The van der Waals surface area contributed by atoms with Crippen LogP contribution >= 0.6 is 0 Å². The summed E-state index contributed by atoms with van der Waals surface area (Å²) in [6.07, 6.45) is 2.36. The van der Waals surface area contributed by atoms with Crippen molar-refractivity contribution in [3.8, 4) is 5.75 Å². The molecule has 1 aromatic rings. The third-order valence-electron chi connectivity index (χ3n) is 3.74. The van der Waals surface area contributed by atoms with Gasteiger partial charge in [0.05, 0.1) is 18.5 Å². The predicted molar refractivity (Wildman–Crippen MR) is 76.1 cm³/mol. The Balaban J connectivity index is 1.95. The van der Waals surface area contributed by atoms with E-state index in [1.54, 1.807) is 6.07 Å². The Labute approximate surface area is 113 Å². The number of anilines is 2. The van der Waals surface area contributed by atoms with Gasteiger partial charge in [-0.3, -0.25) is 0 Å². The van der Waals surface area contributed by atoms with Crippen molar-refractivity contribution >= 4 is 11.4 Å². The fourth-order valence-corrected chi connectivity index (χ4v) is 2.40. The van der Waals surface area contributed by atoms with Crippen LogP contribution in [-0.4, -0.2) is 38.7 Å². The zero-order valence-corrected chi connectivity index (χ0v) is 11.6. The number of ether oxygens (including phenoxy) is 1. The number of nitrogen functional groups attached to an aromatic ring is 1. The zero-order valence-electron chi connectivity index (χ0n) is 11.6. The average Bonchev–Trinajstić information content (AvgIpc) is 2.40. The minimum absolute atomic E-state index is 0.222. The van der Waals surface area contributed by atoms with Crippen LogP contribution in [0.15, 0.2) is 12.1 Å². The number of benzene rings is 1. The minimum Gasteiger partial charge on any atom is -0.494 e. The highest BCUT2D eigenvalue weighted by Crippen LogP contribution is 2.28. The van der Waals surface area contributed by atoms with Gasteiger partial charge >= 0.3 is 0 Å². The van der Waals surface area contributed by atoms with Crippen molar-refractivity contribution in [1.82, 2.24) is 4.90 Å². The number of hydrogen-bond donors (Lipinski definition) is 2. The maximum atomic E-state index is 13.4. The molecule has 4 nitrogen and oxygen atoms in total. The number of nitrogens with two attached hydrogens (primary N) is 1. The number of piperidine rings is 1. The zero-order chi connectivity index (χ0) is 13.8. The van der Waals surface area contributed by atoms with Crippen LogP contribution in [0.25, 0.3) is 0 Å². The molecule has 106 valence electrons. The molecule has 0 amide bonds. The van der Waals surface area contributed by atoms with Gasteiger partial charge < -0.3 is 20.7 Å². The van der Waals surface area contributed by atoms with Gasteiger partial charge in [0, 0.05) is 18.7 Å². The number of likely N-dealkylation sites (tertiary alicyclic amines) is 1. The summed E-state index contributed by atoms with van der Waals surface area (Å²) in [5.74, 6) is 0.441. The molecule has 3 N–H and O–H groups in total. The highest BCUT2D eigenvalue weighted by atomic mass is 19.1. The van der Waals surface area contributed by atoms with Gasteiger partial charge in [-0.2, -0.15) is 0 Å². The fraction of sp³-hybridized carbons (Fsp3) is 0.571. The second-order valence-corrected chi connectivity index (χ2v) is 5.20. The Morgan fingerprint density at radius 2 is 2.11 bits per heavy atom. The van der Waals surface area contributed by atoms with Crippen LogP contribution in [0.5, 0.6) is 5.75 Å². The summed E-state index contributed by atoms with van der Waals surface area (Å²) >= 11 is 0. The van der Waals surface area contributed by atoms with E-state index in [0.717, 1.165) is 25.3 Å². The van der Waals surface area contributed by atoms with Gasteiger partial charge in [0.2, 0.25) is 0 Å². The number of hydrogen-bond acceptors (Lipinski definition) is 4. The lowest BCUT2D eigenvalue weighted by molar-refractivity contribution is 0.226. The number of methoxy groups -OCH3 is 1. The van der Waals surface area contributed by atoms with Crippen LogP contribution in [0, 0.1) is 11.7 Å². The molecule has 0 unspecified atom stereocenters. The van der Waals surface area contributed by atoms with Gasteiger partial charge in [0.1, 0.15) is 0 Å². The summed E-state index contributed by atoms with van der Waals surface area (Å²) < 4.78 is 18.4. The fourth-order valence-electron chi connectivity index (χ4n) is 2.40. The van der Waals surface area contributed by atoms with E-state index in [0.29, 0.717) is 11.6 Å². The van der Waals surface area contributed by atoms with E-state index in [4.69, 9.17) is 10.5 Å². The molecule has 0 atom stereocenters. The van der Waals surface area contributed by atoms with Crippen molar-refractivity contribution in [2.75, 3.05) is 44.8 Å². The molecule has 2 rings (SSSR count). The van der Waals surface area contributed by atoms with E-state index in [-0.39, 0.29) is 5.75 Å². The molecule has 0 spiro atoms. The minimum atomic E-state index is -0.426. The van der Waals surface area contributed by atoms with Crippen molar-refractivity contribution in [2.45, 2.75) is 12.8 Å². The van der Waals surface area contributed by atoms with E-state index < -0.39 is 5.82 Å². The van der Waals surface area contributed by atoms with Gasteiger partial charge in [-0.05, 0) is 38.9 Å². The molecule has 1 saturated heterocycles. The highest BCUT2D eigenvalue weighted by Gasteiger charge is 2.17. The summed E-state index contributed by atoms with van der Waals surface area (Å²) in [5, 5.41) is 3.31. The van der Waals surface area contributed by atoms with Crippen molar-refractivity contribution in [2.24, 2.45) is 5.92 Å². The van der Waals surface area contributed by atoms with Crippen molar-refractivity contribution in [3.63, 3.8) is 0 Å². The van der Waals surface area contributed by atoms with Gasteiger partial charge in [-0.1, -0.05) is 0 Å². The van der Waals surface area contributed by atoms with Gasteiger partial charge in [-0.15, -0.1) is 0 Å². The summed E-state index contributed by atoms with van der Waals surface area (Å²) in [6.45, 7) is 3.13. The lowest BCUT2D eigenvalue weighted by atomic mass is 9.97. The van der Waals surface area contributed by atoms with Crippen LogP contribution in [0.4, 0.5) is 15.8 Å². The Hall–Kier alpha value is -1.49. The van der Waals surface area contributed by atoms with Crippen molar-refractivity contribution < 1.29 is 9.13 Å². The Kier molecular flexibility index (Phi) is 4.47. The first-order valence-electron chi connectivity index (χ1n) is 6.65. The van der Waals surface area contributed by atoms with E-state index in [1.807, 2.05) is 0 Å². The standard InChI is InChI=1S/C14H22FN3O/c1-18-5-3-10(4-6-18)9-17-13-8-14(19-2)11(15)7-12(13)16/h7-8,10,17H,3-6,9,16H2,1-2H3. The smallest absolute Gasteiger partial charge is 0.167 e. The van der Waals surface area contributed by atoms with Crippen LogP contribution in [0.3, 0.4) is 0 Å². The summed E-state index contributed by atoms with van der Waals surface area (Å²) in [4.78, 5) is 2.34. The van der Waals surface area contributed by atoms with Gasteiger partial charge in [-0.25, -0.2) is 4.39 Å². The molecule has 19 heavy (non-hydrogen) atoms. The largest absolute Gasteiger partial charge is 0.494 e. The third-order valence-corrected chi connectivity index (χ3v) is 3.74. The van der Waals surface area contributed by atoms with Crippen molar-refractivity contribution in [3.05, 3.63) is 17.9 Å². The lowest BCUT2D eigenvalue weighted by Crippen LogP contribution is -2.33. The Morgan fingerprint density at radius 3 is 2.74 bits per heavy atom. The molecule has 1 aliphatic heterocycles. The molecule has 5 heteroatoms. The molecule has 0 aromatic heterocycles. The number of halogens is 1. The number of nitrogens with zero attached hydrogens (tertiary/aromatic N) is 1. The van der Waals surface area contributed by atoms with E-state index in [1.165, 1.54) is 26.0 Å². The summed E-state index contributed by atoms with van der Waals surface area (Å²) in [7, 11) is 3.60. The topological polar surface area (TPSA) is 50.5 Å². The highest BCUT2D eigenvalue weighted by molar-refractivity contribution is 5.68. The van der Waals surface area contributed by atoms with Gasteiger partial charge in [0.15, 0.2) is 11.6 Å². The third kappa shape index (κ3) is 3.50. The van der Waals surface area contributed by atoms with E-state index in [9.17, 15) is 4.39 Å². The molecule has 0 saturated carbocycles. The quantitative estimate of drug-likeness (QED) is 0.821. The molecule has 1 heterocycles. The summed E-state index contributed by atoms with van der Waals surface area (Å²) in [6, 6.07) is 2.93. The maximum absolute atomic E-state index is 13.4. The molecular weight excluding hydrogens is 245 g/mol. The molecular formula is C14H22FN3O. The lowest BCUT2D eigenvalue weighted by Gasteiger charge is -2.29. The average molecular weight is 267 g/mol. The normalized spacial score (nSPS) is 17.4. The molecule has 0 aliphatic carbocycles. The molecule has 0 bridgehead atoms. The predicted octanol–water partition coefficient (Wildman–Crippen LogP) is 2.17. The van der Waals surface area contributed by atoms with Crippen LogP contribution in [-0.2, 0) is 0 Å². The Morgan fingerprint density at radius 1 is 1.42 bits per heavy atom. The molecule has 0 radical (unpaired) electrons. The first-order chi connectivity index (χ1) is 9.10. The Bertz CT molecular complexity index is 431. The number of nitrogens with one attached hydrogen (secondary N) is 1. The molecule has 1 fully saturated rings. The monoisotopic (exact) mass is 267 g/mol. The molecule has 1 aliphatic rings. The number of rotatable bonds is 4. The first-order valence-corrected chi connectivity index (χ1v) is 6.65. The van der Waals surface area contributed by atoms with Crippen LogP contribution in [0.1, 0.15) is 12.8 Å². The van der Waals surface area contributed by atoms with Gasteiger partial charge in [0.25, 0.3) is 0 Å². The molecule has 1 aromatic carbocycles. The first kappa shape index (κ1) is 13.9.